The Labute approximate surface area is 74.9 Å². The standard InChI is InChI=1S/C8H8O2.HNO2/c1-10-8-5-3-2-4-7(8)6-9;2-1-3/h2-6H,1H3;(H,2,3). The van der Waals surface area contributed by atoms with Gasteiger partial charge in [0.15, 0.2) is 11.6 Å². The molecule has 0 aromatic heterocycles. The number of hydrogen-bond donors (Lipinski definition) is 1. The third kappa shape index (κ3) is 3.85. The SMILES string of the molecule is COc1ccccc1C=O.O=NO. The Morgan fingerprint density at radius 2 is 2.00 bits per heavy atom. The van der Waals surface area contributed by atoms with Crippen molar-refractivity contribution in [3.63, 3.8) is 0 Å². The van der Waals surface area contributed by atoms with E-state index in [2.05, 4.69) is 0 Å². The van der Waals surface area contributed by atoms with E-state index in [1.165, 1.54) is 5.34 Å². The lowest BCUT2D eigenvalue weighted by atomic mass is 10.2. The van der Waals surface area contributed by atoms with E-state index in [1.807, 2.05) is 6.07 Å². The lowest BCUT2D eigenvalue weighted by Gasteiger charge is -1.99. The maximum atomic E-state index is 10.3. The minimum Gasteiger partial charge on any atom is -0.496 e. The van der Waals surface area contributed by atoms with Crippen molar-refractivity contribution in [2.24, 2.45) is 5.34 Å². The summed E-state index contributed by atoms with van der Waals surface area (Å²) >= 11 is 0. The predicted octanol–water partition coefficient (Wildman–Crippen LogP) is 1.65. The summed E-state index contributed by atoms with van der Waals surface area (Å²) in [4.78, 5) is 18.4. The molecule has 0 aliphatic carbocycles. The molecular formula is C8H9NO4. The lowest BCUT2D eigenvalue weighted by Crippen LogP contribution is -1.88. The molecule has 0 aliphatic rings. The van der Waals surface area contributed by atoms with Gasteiger partial charge in [0.1, 0.15) is 5.75 Å². The molecule has 0 saturated carbocycles. The average Bonchev–Trinajstić information content (AvgIpc) is 2.19. The number of benzene rings is 1. The van der Waals surface area contributed by atoms with Gasteiger partial charge in [0, 0.05) is 0 Å². The van der Waals surface area contributed by atoms with E-state index in [-0.39, 0.29) is 0 Å². The van der Waals surface area contributed by atoms with Gasteiger partial charge in [0.05, 0.1) is 12.7 Å². The molecule has 70 valence electrons. The highest BCUT2D eigenvalue weighted by molar-refractivity contribution is 5.79. The van der Waals surface area contributed by atoms with Crippen LogP contribution in [0.5, 0.6) is 5.75 Å². The first kappa shape index (κ1) is 11.1. The first-order chi connectivity index (χ1) is 6.29. The van der Waals surface area contributed by atoms with E-state index in [0.29, 0.717) is 11.3 Å². The van der Waals surface area contributed by atoms with Crippen LogP contribution in [0, 0.1) is 4.91 Å². The topological polar surface area (TPSA) is 76.0 Å². The van der Waals surface area contributed by atoms with Crippen LogP contribution < -0.4 is 4.74 Å². The Kier molecular flexibility index (Phi) is 5.78. The normalized spacial score (nSPS) is 7.77. The zero-order valence-electron chi connectivity index (χ0n) is 7.01. The number of nitrogens with zero attached hydrogens (tertiary/aromatic N) is 1. The summed E-state index contributed by atoms with van der Waals surface area (Å²) in [5.41, 5.74) is 0.588. The van der Waals surface area contributed by atoms with Gasteiger partial charge in [0.2, 0.25) is 0 Å². The van der Waals surface area contributed by atoms with E-state index in [4.69, 9.17) is 14.9 Å². The van der Waals surface area contributed by atoms with Crippen molar-refractivity contribution in [1.82, 2.24) is 0 Å². The fourth-order valence-corrected chi connectivity index (χ4v) is 0.764. The first-order valence-corrected chi connectivity index (χ1v) is 3.35. The Balaban J connectivity index is 0.000000424. The highest BCUT2D eigenvalue weighted by Crippen LogP contribution is 2.13. The maximum Gasteiger partial charge on any atom is 0.153 e. The molecule has 0 atom stereocenters. The zero-order chi connectivity index (χ0) is 10.1. The summed E-state index contributed by atoms with van der Waals surface area (Å²) in [5, 5.41) is 7.89. The molecule has 0 bridgehead atoms. The molecule has 5 nitrogen and oxygen atoms in total. The quantitative estimate of drug-likeness (QED) is 0.429. The van der Waals surface area contributed by atoms with E-state index in [1.54, 1.807) is 25.3 Å². The second kappa shape index (κ2) is 6.78. The molecule has 1 N–H and O–H groups in total. The molecule has 0 fully saturated rings. The smallest absolute Gasteiger partial charge is 0.153 e. The minimum atomic E-state index is 0.588. The summed E-state index contributed by atoms with van der Waals surface area (Å²) in [6, 6.07) is 7.09. The molecule has 0 saturated heterocycles. The molecule has 0 heterocycles. The summed E-state index contributed by atoms with van der Waals surface area (Å²) in [7, 11) is 1.54. The van der Waals surface area contributed by atoms with Gasteiger partial charge < -0.3 is 9.94 Å². The molecule has 0 radical (unpaired) electrons. The average molecular weight is 183 g/mol. The van der Waals surface area contributed by atoms with Crippen molar-refractivity contribution < 1.29 is 14.7 Å². The van der Waals surface area contributed by atoms with Crippen LogP contribution in [0.2, 0.25) is 0 Å². The van der Waals surface area contributed by atoms with Crippen LogP contribution in [0.15, 0.2) is 29.6 Å². The number of carbonyl (C=O) groups excluding carboxylic acids is 1. The van der Waals surface area contributed by atoms with Crippen LogP contribution >= 0.6 is 0 Å². The summed E-state index contributed by atoms with van der Waals surface area (Å²) in [5.74, 6) is 0.623. The number of ether oxygens (including phenoxy) is 1. The fourth-order valence-electron chi connectivity index (χ4n) is 0.764. The maximum absolute atomic E-state index is 10.3. The number of para-hydroxylation sites is 1. The van der Waals surface area contributed by atoms with Gasteiger partial charge in [-0.1, -0.05) is 12.1 Å². The van der Waals surface area contributed by atoms with E-state index in [9.17, 15) is 4.79 Å². The summed E-state index contributed by atoms with van der Waals surface area (Å²) < 4.78 is 4.90. The Bertz CT molecular complexity index is 275. The van der Waals surface area contributed by atoms with Crippen LogP contribution in [0.1, 0.15) is 10.4 Å². The molecule has 1 aromatic rings. The van der Waals surface area contributed by atoms with Gasteiger partial charge >= 0.3 is 0 Å². The minimum absolute atomic E-state index is 0.588. The number of rotatable bonds is 2. The fraction of sp³-hybridized carbons (Fsp3) is 0.125. The molecule has 1 aromatic carbocycles. The second-order valence-electron chi connectivity index (χ2n) is 1.94. The van der Waals surface area contributed by atoms with Crippen molar-refractivity contribution >= 4 is 6.29 Å². The van der Waals surface area contributed by atoms with Gasteiger partial charge in [-0.15, -0.1) is 4.91 Å². The molecular weight excluding hydrogens is 174 g/mol. The van der Waals surface area contributed by atoms with Gasteiger partial charge in [-0.05, 0) is 12.1 Å². The van der Waals surface area contributed by atoms with Crippen molar-refractivity contribution in [3.05, 3.63) is 34.7 Å². The highest BCUT2D eigenvalue weighted by atomic mass is 16.6. The van der Waals surface area contributed by atoms with E-state index in [0.717, 1.165) is 6.29 Å². The molecule has 0 spiro atoms. The Morgan fingerprint density at radius 3 is 2.38 bits per heavy atom. The highest BCUT2D eigenvalue weighted by Gasteiger charge is 1.96. The van der Waals surface area contributed by atoms with Crippen LogP contribution in [0.25, 0.3) is 0 Å². The molecule has 0 amide bonds. The molecule has 5 heteroatoms. The monoisotopic (exact) mass is 183 g/mol. The number of aldehydes is 1. The lowest BCUT2D eigenvalue weighted by molar-refractivity contribution is 0.112. The molecule has 13 heavy (non-hydrogen) atoms. The summed E-state index contributed by atoms with van der Waals surface area (Å²) in [6.45, 7) is 0. The molecule has 1 rings (SSSR count). The van der Waals surface area contributed by atoms with Crippen LogP contribution in [-0.4, -0.2) is 18.6 Å². The predicted molar refractivity (Wildman–Crippen MR) is 46.0 cm³/mol. The van der Waals surface area contributed by atoms with E-state index < -0.39 is 0 Å². The molecule has 0 unspecified atom stereocenters. The first-order valence-electron chi connectivity index (χ1n) is 3.35. The van der Waals surface area contributed by atoms with Gasteiger partial charge in [-0.2, -0.15) is 0 Å². The van der Waals surface area contributed by atoms with Gasteiger partial charge in [-0.25, -0.2) is 0 Å². The number of hydrogen-bond acceptors (Lipinski definition) is 4. The third-order valence-electron chi connectivity index (χ3n) is 1.27. The number of methoxy groups -OCH3 is 1. The number of carbonyl (C=O) groups is 1. The summed E-state index contributed by atoms with van der Waals surface area (Å²) in [6.07, 6.45) is 0.777. The van der Waals surface area contributed by atoms with Gasteiger partial charge in [0.25, 0.3) is 0 Å². The Hall–Kier alpha value is -1.91. The van der Waals surface area contributed by atoms with Crippen molar-refractivity contribution in [2.75, 3.05) is 7.11 Å². The molecule has 0 aliphatic heterocycles. The van der Waals surface area contributed by atoms with Crippen LogP contribution in [-0.2, 0) is 0 Å². The largest absolute Gasteiger partial charge is 0.496 e. The van der Waals surface area contributed by atoms with Crippen LogP contribution in [0.3, 0.4) is 0 Å². The van der Waals surface area contributed by atoms with Crippen molar-refractivity contribution in [1.29, 1.82) is 0 Å². The van der Waals surface area contributed by atoms with Crippen molar-refractivity contribution in [3.8, 4) is 5.75 Å². The zero-order valence-corrected chi connectivity index (χ0v) is 7.01. The Morgan fingerprint density at radius 1 is 1.46 bits per heavy atom. The van der Waals surface area contributed by atoms with E-state index >= 15 is 0 Å². The third-order valence-corrected chi connectivity index (χ3v) is 1.27. The van der Waals surface area contributed by atoms with Gasteiger partial charge in [-0.3, -0.25) is 4.79 Å². The second-order valence-corrected chi connectivity index (χ2v) is 1.94. The van der Waals surface area contributed by atoms with Crippen LogP contribution in [0.4, 0.5) is 0 Å². The van der Waals surface area contributed by atoms with Crippen molar-refractivity contribution in [2.45, 2.75) is 0 Å².